The summed E-state index contributed by atoms with van der Waals surface area (Å²) in [5, 5.41) is 17.5. The Labute approximate surface area is 116 Å². The van der Waals surface area contributed by atoms with Crippen molar-refractivity contribution in [2.45, 2.75) is 12.8 Å². The van der Waals surface area contributed by atoms with Gasteiger partial charge in [-0.25, -0.2) is 0 Å². The van der Waals surface area contributed by atoms with Gasteiger partial charge in [0, 0.05) is 5.56 Å². The molecule has 0 unspecified atom stereocenters. The van der Waals surface area contributed by atoms with E-state index in [-0.39, 0.29) is 6.42 Å². The molecule has 4 nitrogen and oxygen atoms in total. The van der Waals surface area contributed by atoms with Crippen molar-refractivity contribution in [3.8, 4) is 17.6 Å². The van der Waals surface area contributed by atoms with E-state index in [0.717, 1.165) is 5.56 Å². The molecule has 0 aliphatic carbocycles. The summed E-state index contributed by atoms with van der Waals surface area (Å²) in [6.45, 7) is 0. The van der Waals surface area contributed by atoms with Crippen LogP contribution >= 0.6 is 0 Å². The number of hydrogen-bond acceptors (Lipinski definition) is 3. The third-order valence-corrected chi connectivity index (χ3v) is 2.75. The van der Waals surface area contributed by atoms with Crippen LogP contribution in [0.25, 0.3) is 0 Å². The van der Waals surface area contributed by atoms with Crippen LogP contribution in [0, 0.1) is 11.3 Å². The number of benzene rings is 2. The van der Waals surface area contributed by atoms with Crippen molar-refractivity contribution in [2.75, 3.05) is 0 Å². The second-order valence-electron chi connectivity index (χ2n) is 4.26. The molecule has 4 heteroatoms. The molecule has 0 aliphatic heterocycles. The molecule has 2 rings (SSSR count). The van der Waals surface area contributed by atoms with Crippen LogP contribution in [0.4, 0.5) is 0 Å². The molecule has 0 amide bonds. The summed E-state index contributed by atoms with van der Waals surface area (Å²) in [6.07, 6.45) is 0.276. The lowest BCUT2D eigenvalue weighted by atomic mass is 10.1. The standard InChI is InChI=1S/C16H13NO3/c17-10-9-12-5-7-14(8-6-12)20-15-4-2-1-3-13(15)11-16(18)19/h1-8H,9,11H2,(H,18,19). The lowest BCUT2D eigenvalue weighted by Crippen LogP contribution is -2.01. The Morgan fingerprint density at radius 3 is 2.50 bits per heavy atom. The number of aliphatic carboxylic acids is 1. The molecule has 2 aromatic rings. The Balaban J connectivity index is 2.17. The van der Waals surface area contributed by atoms with E-state index in [1.54, 1.807) is 36.4 Å². The zero-order valence-corrected chi connectivity index (χ0v) is 10.7. The van der Waals surface area contributed by atoms with Gasteiger partial charge in [0.15, 0.2) is 0 Å². The molecular weight excluding hydrogens is 254 g/mol. The van der Waals surface area contributed by atoms with Gasteiger partial charge in [-0.3, -0.25) is 4.79 Å². The molecule has 0 radical (unpaired) electrons. The van der Waals surface area contributed by atoms with Crippen molar-refractivity contribution in [1.82, 2.24) is 0 Å². The highest BCUT2D eigenvalue weighted by Gasteiger charge is 2.08. The first-order valence-corrected chi connectivity index (χ1v) is 6.12. The summed E-state index contributed by atoms with van der Waals surface area (Å²) in [7, 11) is 0. The molecule has 0 heterocycles. The summed E-state index contributed by atoms with van der Waals surface area (Å²) in [5.74, 6) is 0.248. The van der Waals surface area contributed by atoms with Crippen LogP contribution in [0.3, 0.4) is 0 Å². The summed E-state index contributed by atoms with van der Waals surface area (Å²) in [6, 6.07) is 16.3. The second-order valence-corrected chi connectivity index (χ2v) is 4.26. The molecule has 0 spiro atoms. The summed E-state index contributed by atoms with van der Waals surface area (Å²) >= 11 is 0. The van der Waals surface area contributed by atoms with Gasteiger partial charge in [-0.15, -0.1) is 0 Å². The van der Waals surface area contributed by atoms with Gasteiger partial charge in [0.1, 0.15) is 11.5 Å². The Morgan fingerprint density at radius 1 is 1.15 bits per heavy atom. The lowest BCUT2D eigenvalue weighted by Gasteiger charge is -2.10. The van der Waals surface area contributed by atoms with Crippen LogP contribution in [-0.2, 0) is 17.6 Å². The number of carboxylic acids is 1. The van der Waals surface area contributed by atoms with Crippen molar-refractivity contribution in [3.63, 3.8) is 0 Å². The smallest absolute Gasteiger partial charge is 0.307 e. The third kappa shape index (κ3) is 3.59. The fourth-order valence-corrected chi connectivity index (χ4v) is 1.81. The number of nitrogens with zero attached hydrogens (tertiary/aromatic N) is 1. The van der Waals surface area contributed by atoms with Gasteiger partial charge < -0.3 is 9.84 Å². The van der Waals surface area contributed by atoms with E-state index in [1.807, 2.05) is 12.1 Å². The quantitative estimate of drug-likeness (QED) is 0.903. The largest absolute Gasteiger partial charge is 0.481 e. The molecule has 0 aliphatic rings. The maximum atomic E-state index is 10.8. The first kappa shape index (κ1) is 13.6. The fraction of sp³-hybridized carbons (Fsp3) is 0.125. The van der Waals surface area contributed by atoms with Crippen LogP contribution in [-0.4, -0.2) is 11.1 Å². The number of carbonyl (C=O) groups is 1. The van der Waals surface area contributed by atoms with Crippen LogP contribution in [0.2, 0.25) is 0 Å². The zero-order valence-electron chi connectivity index (χ0n) is 10.7. The highest BCUT2D eigenvalue weighted by molar-refractivity contribution is 5.71. The molecule has 0 atom stereocenters. The van der Waals surface area contributed by atoms with Gasteiger partial charge >= 0.3 is 5.97 Å². The summed E-state index contributed by atoms with van der Waals surface area (Å²) in [4.78, 5) is 10.8. The minimum absolute atomic E-state index is 0.0807. The van der Waals surface area contributed by atoms with E-state index in [0.29, 0.717) is 23.5 Å². The molecular formula is C16H13NO3. The van der Waals surface area contributed by atoms with E-state index in [1.165, 1.54) is 0 Å². The number of rotatable bonds is 5. The van der Waals surface area contributed by atoms with E-state index in [2.05, 4.69) is 6.07 Å². The minimum atomic E-state index is -0.898. The van der Waals surface area contributed by atoms with Crippen LogP contribution in [0.15, 0.2) is 48.5 Å². The van der Waals surface area contributed by atoms with Gasteiger partial charge in [0.05, 0.1) is 18.9 Å². The van der Waals surface area contributed by atoms with Crippen LogP contribution < -0.4 is 4.74 Å². The van der Waals surface area contributed by atoms with E-state index in [9.17, 15) is 4.79 Å². The lowest BCUT2D eigenvalue weighted by molar-refractivity contribution is -0.136. The summed E-state index contributed by atoms with van der Waals surface area (Å²) < 4.78 is 5.70. The normalized spacial score (nSPS) is 9.75. The highest BCUT2D eigenvalue weighted by atomic mass is 16.5. The highest BCUT2D eigenvalue weighted by Crippen LogP contribution is 2.25. The number of carboxylic acid groups (broad SMARTS) is 1. The molecule has 100 valence electrons. The molecule has 1 N–H and O–H groups in total. The van der Waals surface area contributed by atoms with Crippen molar-refractivity contribution >= 4 is 5.97 Å². The van der Waals surface area contributed by atoms with Gasteiger partial charge in [-0.05, 0) is 23.8 Å². The predicted molar refractivity (Wildman–Crippen MR) is 73.6 cm³/mol. The van der Waals surface area contributed by atoms with Gasteiger partial charge in [0.2, 0.25) is 0 Å². The van der Waals surface area contributed by atoms with Crippen molar-refractivity contribution in [2.24, 2.45) is 0 Å². The third-order valence-electron chi connectivity index (χ3n) is 2.75. The average molecular weight is 267 g/mol. The molecule has 0 saturated carbocycles. The number of hydrogen-bond donors (Lipinski definition) is 1. The molecule has 0 aromatic heterocycles. The second kappa shape index (κ2) is 6.39. The zero-order chi connectivity index (χ0) is 14.4. The molecule has 20 heavy (non-hydrogen) atoms. The minimum Gasteiger partial charge on any atom is -0.481 e. The summed E-state index contributed by atoms with van der Waals surface area (Å²) in [5.41, 5.74) is 1.54. The van der Waals surface area contributed by atoms with Gasteiger partial charge in [0.25, 0.3) is 0 Å². The van der Waals surface area contributed by atoms with Gasteiger partial charge in [-0.1, -0.05) is 30.3 Å². The monoisotopic (exact) mass is 267 g/mol. The molecule has 2 aromatic carbocycles. The van der Waals surface area contributed by atoms with Crippen molar-refractivity contribution in [1.29, 1.82) is 5.26 Å². The first-order chi connectivity index (χ1) is 9.69. The van der Waals surface area contributed by atoms with Crippen molar-refractivity contribution < 1.29 is 14.6 Å². The van der Waals surface area contributed by atoms with Gasteiger partial charge in [-0.2, -0.15) is 5.26 Å². The molecule has 0 bridgehead atoms. The molecule has 0 fully saturated rings. The van der Waals surface area contributed by atoms with E-state index in [4.69, 9.17) is 15.1 Å². The van der Waals surface area contributed by atoms with Crippen molar-refractivity contribution in [3.05, 3.63) is 59.7 Å². The first-order valence-electron chi connectivity index (χ1n) is 6.12. The Kier molecular flexibility index (Phi) is 4.35. The number of ether oxygens (including phenoxy) is 1. The Morgan fingerprint density at radius 2 is 1.85 bits per heavy atom. The van der Waals surface area contributed by atoms with E-state index < -0.39 is 5.97 Å². The maximum Gasteiger partial charge on any atom is 0.307 e. The SMILES string of the molecule is N#CCc1ccc(Oc2ccccc2CC(=O)O)cc1. The van der Waals surface area contributed by atoms with Crippen LogP contribution in [0.5, 0.6) is 11.5 Å². The number of para-hydroxylation sites is 1. The predicted octanol–water partition coefficient (Wildman–Crippen LogP) is 3.17. The topological polar surface area (TPSA) is 70.3 Å². The fourth-order valence-electron chi connectivity index (χ4n) is 1.81. The molecule has 0 saturated heterocycles. The van der Waals surface area contributed by atoms with Crippen LogP contribution in [0.1, 0.15) is 11.1 Å². The number of nitriles is 1. The average Bonchev–Trinajstić information content (AvgIpc) is 2.43. The van der Waals surface area contributed by atoms with E-state index >= 15 is 0 Å². The maximum absolute atomic E-state index is 10.8. The Bertz CT molecular complexity index is 642. The Hall–Kier alpha value is -2.80.